The van der Waals surface area contributed by atoms with Gasteiger partial charge in [0.05, 0.1) is 23.8 Å². The SMILES string of the molecule is O=C(c1ccco1)N(Cc1cc(-c2cccs2)on1)C[C@@H]1CCCO1. The number of nitrogens with zero attached hydrogens (tertiary/aromatic N) is 2. The predicted molar refractivity (Wildman–Crippen MR) is 92.2 cm³/mol. The maximum absolute atomic E-state index is 12.8. The Morgan fingerprint density at radius 2 is 2.32 bits per heavy atom. The summed E-state index contributed by atoms with van der Waals surface area (Å²) in [6.07, 6.45) is 3.55. The molecule has 0 N–H and O–H groups in total. The minimum absolute atomic E-state index is 0.0579. The summed E-state index contributed by atoms with van der Waals surface area (Å²) in [5.41, 5.74) is 0.710. The average molecular weight is 358 g/mol. The molecule has 1 amide bonds. The molecule has 0 radical (unpaired) electrons. The molecule has 4 heterocycles. The molecule has 0 aromatic carbocycles. The van der Waals surface area contributed by atoms with Crippen molar-refractivity contribution in [2.24, 2.45) is 0 Å². The number of furan rings is 1. The monoisotopic (exact) mass is 358 g/mol. The third-order valence-corrected chi connectivity index (χ3v) is 5.03. The highest BCUT2D eigenvalue weighted by Gasteiger charge is 2.26. The van der Waals surface area contributed by atoms with Gasteiger partial charge in [-0.3, -0.25) is 4.79 Å². The average Bonchev–Trinajstić information content (AvgIpc) is 3.41. The van der Waals surface area contributed by atoms with Gasteiger partial charge in [-0.15, -0.1) is 11.3 Å². The van der Waals surface area contributed by atoms with Crippen LogP contribution in [0.1, 0.15) is 29.1 Å². The second-order valence-corrected chi connectivity index (χ2v) is 6.91. The first-order valence-electron chi connectivity index (χ1n) is 8.23. The van der Waals surface area contributed by atoms with E-state index in [0.29, 0.717) is 30.3 Å². The number of amides is 1. The minimum atomic E-state index is -0.166. The fourth-order valence-electron chi connectivity index (χ4n) is 2.93. The van der Waals surface area contributed by atoms with E-state index in [9.17, 15) is 4.79 Å². The molecule has 1 saturated heterocycles. The first-order chi connectivity index (χ1) is 12.3. The van der Waals surface area contributed by atoms with Gasteiger partial charge in [0, 0.05) is 19.2 Å². The molecule has 4 rings (SSSR count). The van der Waals surface area contributed by atoms with Crippen molar-refractivity contribution in [3.8, 4) is 10.6 Å². The molecular weight excluding hydrogens is 340 g/mol. The number of aromatic nitrogens is 1. The van der Waals surface area contributed by atoms with E-state index in [4.69, 9.17) is 13.7 Å². The van der Waals surface area contributed by atoms with Crippen LogP contribution in [-0.4, -0.2) is 35.2 Å². The van der Waals surface area contributed by atoms with Gasteiger partial charge in [-0.1, -0.05) is 11.2 Å². The van der Waals surface area contributed by atoms with Crippen LogP contribution in [0.4, 0.5) is 0 Å². The normalized spacial score (nSPS) is 17.0. The Kier molecular flexibility index (Phi) is 4.67. The van der Waals surface area contributed by atoms with Crippen molar-refractivity contribution in [1.82, 2.24) is 10.1 Å². The van der Waals surface area contributed by atoms with Gasteiger partial charge in [-0.25, -0.2) is 0 Å². The summed E-state index contributed by atoms with van der Waals surface area (Å²) in [5.74, 6) is 0.869. The number of carbonyl (C=O) groups is 1. The zero-order valence-electron chi connectivity index (χ0n) is 13.6. The van der Waals surface area contributed by atoms with Crippen LogP contribution >= 0.6 is 11.3 Å². The molecule has 0 aliphatic carbocycles. The summed E-state index contributed by atoms with van der Waals surface area (Å²) in [5, 5.41) is 6.10. The number of rotatable bonds is 6. The Labute approximate surface area is 149 Å². The molecule has 1 aliphatic heterocycles. The molecule has 25 heavy (non-hydrogen) atoms. The smallest absolute Gasteiger partial charge is 0.289 e. The van der Waals surface area contributed by atoms with Gasteiger partial charge < -0.3 is 18.6 Å². The lowest BCUT2D eigenvalue weighted by Crippen LogP contribution is -2.36. The van der Waals surface area contributed by atoms with Crippen LogP contribution in [0.2, 0.25) is 0 Å². The van der Waals surface area contributed by atoms with Gasteiger partial charge >= 0.3 is 0 Å². The van der Waals surface area contributed by atoms with Gasteiger partial charge in [-0.2, -0.15) is 0 Å². The molecule has 0 bridgehead atoms. The summed E-state index contributed by atoms with van der Waals surface area (Å²) in [7, 11) is 0. The third kappa shape index (κ3) is 3.67. The summed E-state index contributed by atoms with van der Waals surface area (Å²) in [6.45, 7) is 1.62. The second kappa shape index (κ2) is 7.25. The van der Waals surface area contributed by atoms with E-state index in [0.717, 1.165) is 24.3 Å². The standard InChI is InChI=1S/C18H18N2O4S/c21-18(15-5-2-8-23-15)20(12-14-4-1-7-22-14)11-13-10-16(24-19-13)17-6-3-9-25-17/h2-3,5-6,8-10,14H,1,4,7,11-12H2/t14-/m0/s1. The summed E-state index contributed by atoms with van der Waals surface area (Å²) in [6, 6.07) is 9.20. The number of thiophene rings is 1. The Morgan fingerprint density at radius 1 is 1.36 bits per heavy atom. The first kappa shape index (κ1) is 16.1. The topological polar surface area (TPSA) is 68.7 Å². The Bertz CT molecular complexity index is 804. The van der Waals surface area contributed by atoms with Crippen LogP contribution in [0.3, 0.4) is 0 Å². The van der Waals surface area contributed by atoms with Gasteiger partial charge in [0.15, 0.2) is 11.5 Å². The number of hydrogen-bond donors (Lipinski definition) is 0. The van der Waals surface area contributed by atoms with Gasteiger partial charge in [0.1, 0.15) is 5.69 Å². The molecular formula is C18H18N2O4S. The Hall–Kier alpha value is -2.38. The van der Waals surface area contributed by atoms with Crippen molar-refractivity contribution in [1.29, 1.82) is 0 Å². The van der Waals surface area contributed by atoms with Crippen molar-refractivity contribution < 1.29 is 18.5 Å². The second-order valence-electron chi connectivity index (χ2n) is 5.96. The van der Waals surface area contributed by atoms with E-state index >= 15 is 0 Å². The minimum Gasteiger partial charge on any atom is -0.459 e. The molecule has 1 atom stereocenters. The molecule has 0 unspecified atom stereocenters. The van der Waals surface area contributed by atoms with E-state index in [-0.39, 0.29) is 12.0 Å². The van der Waals surface area contributed by atoms with Gasteiger partial charge in [0.2, 0.25) is 0 Å². The Morgan fingerprint density at radius 3 is 3.04 bits per heavy atom. The number of carbonyl (C=O) groups excluding carboxylic acids is 1. The van der Waals surface area contributed by atoms with Crippen LogP contribution in [0, 0.1) is 0 Å². The fraction of sp³-hybridized carbons (Fsp3) is 0.333. The lowest BCUT2D eigenvalue weighted by atomic mass is 10.2. The van der Waals surface area contributed by atoms with Crippen LogP contribution in [0.15, 0.2) is 50.9 Å². The summed E-state index contributed by atoms with van der Waals surface area (Å²) in [4.78, 5) is 15.5. The third-order valence-electron chi connectivity index (χ3n) is 4.14. The van der Waals surface area contributed by atoms with Crippen molar-refractivity contribution in [2.75, 3.05) is 13.2 Å². The van der Waals surface area contributed by atoms with E-state index in [2.05, 4.69) is 5.16 Å². The highest BCUT2D eigenvalue weighted by molar-refractivity contribution is 7.13. The number of hydrogen-bond acceptors (Lipinski definition) is 6. The van der Waals surface area contributed by atoms with Crippen LogP contribution in [0.25, 0.3) is 10.6 Å². The lowest BCUT2D eigenvalue weighted by molar-refractivity contribution is 0.0479. The van der Waals surface area contributed by atoms with Crippen LogP contribution in [0.5, 0.6) is 0 Å². The Balaban J connectivity index is 1.52. The van der Waals surface area contributed by atoms with E-state index in [1.165, 1.54) is 6.26 Å². The fourth-order valence-corrected chi connectivity index (χ4v) is 3.60. The molecule has 1 fully saturated rings. The first-order valence-corrected chi connectivity index (χ1v) is 9.11. The molecule has 3 aromatic rings. The molecule has 0 spiro atoms. The van der Waals surface area contributed by atoms with Crippen molar-refractivity contribution >= 4 is 17.2 Å². The molecule has 130 valence electrons. The number of ether oxygens (including phenoxy) is 1. The van der Waals surface area contributed by atoms with Crippen LogP contribution < -0.4 is 0 Å². The lowest BCUT2D eigenvalue weighted by Gasteiger charge is -2.23. The quantitative estimate of drug-likeness (QED) is 0.670. The molecule has 6 nitrogen and oxygen atoms in total. The molecule has 0 saturated carbocycles. The van der Waals surface area contributed by atoms with Gasteiger partial charge in [0.25, 0.3) is 5.91 Å². The molecule has 7 heteroatoms. The zero-order chi connectivity index (χ0) is 17.1. The maximum Gasteiger partial charge on any atom is 0.289 e. The highest BCUT2D eigenvalue weighted by atomic mass is 32.1. The molecule has 3 aromatic heterocycles. The highest BCUT2D eigenvalue weighted by Crippen LogP contribution is 2.26. The van der Waals surface area contributed by atoms with Crippen molar-refractivity contribution in [2.45, 2.75) is 25.5 Å². The van der Waals surface area contributed by atoms with E-state index < -0.39 is 0 Å². The van der Waals surface area contributed by atoms with Crippen molar-refractivity contribution in [3.63, 3.8) is 0 Å². The predicted octanol–water partition coefficient (Wildman–Crippen LogP) is 3.82. The largest absolute Gasteiger partial charge is 0.459 e. The zero-order valence-corrected chi connectivity index (χ0v) is 14.4. The van der Waals surface area contributed by atoms with E-state index in [1.807, 2.05) is 23.6 Å². The van der Waals surface area contributed by atoms with E-state index in [1.54, 1.807) is 28.4 Å². The maximum atomic E-state index is 12.8. The van der Waals surface area contributed by atoms with Crippen molar-refractivity contribution in [3.05, 3.63) is 53.4 Å². The summed E-state index contributed by atoms with van der Waals surface area (Å²) >= 11 is 1.59. The van der Waals surface area contributed by atoms with Gasteiger partial charge in [-0.05, 0) is 36.4 Å². The van der Waals surface area contributed by atoms with Crippen LogP contribution in [-0.2, 0) is 11.3 Å². The molecule has 1 aliphatic rings. The summed E-state index contributed by atoms with van der Waals surface area (Å²) < 4.78 is 16.4.